The van der Waals surface area contributed by atoms with Gasteiger partial charge in [-0.3, -0.25) is 10.2 Å². The number of carbonyl (C=O) groups excluding carboxylic acids is 1. The molecule has 2 atom stereocenters. The van der Waals surface area contributed by atoms with Crippen LogP contribution in [0.5, 0.6) is 0 Å². The van der Waals surface area contributed by atoms with Crippen LogP contribution in [0.1, 0.15) is 76.5 Å². The second kappa shape index (κ2) is 10.3. The van der Waals surface area contributed by atoms with Crippen LogP contribution in [0.2, 0.25) is 0 Å². The molecule has 4 N–H and O–H groups in total. The summed E-state index contributed by atoms with van der Waals surface area (Å²) < 4.78 is 5.48. The molecule has 1 aliphatic rings. The van der Waals surface area contributed by atoms with Gasteiger partial charge in [-0.25, -0.2) is 9.97 Å². The van der Waals surface area contributed by atoms with Crippen LogP contribution < -0.4 is 16.0 Å². The summed E-state index contributed by atoms with van der Waals surface area (Å²) >= 11 is 0. The second-order valence-corrected chi connectivity index (χ2v) is 11.0. The van der Waals surface area contributed by atoms with Crippen molar-refractivity contribution < 1.29 is 9.53 Å². The summed E-state index contributed by atoms with van der Waals surface area (Å²) in [7, 11) is 1.62. The zero-order chi connectivity index (χ0) is 25.1. The molecule has 1 aromatic heterocycles. The summed E-state index contributed by atoms with van der Waals surface area (Å²) in [5, 5.41) is 19.4. The minimum atomic E-state index is -0.682. The van der Waals surface area contributed by atoms with E-state index in [9.17, 15) is 4.79 Å². The standard InChI is InChI=1S/C26H40N6O2/c1-16-12-13-18-17(14-16)21(32-22(29-18)23(33)28-15-25(2,3)4)30-19-10-8-9-11-20(19)31-24(27)26(5,6)34-7/h12-14,19-20H,8-11,15H2,1-7H3,(H2,27,31)(H,28,33)(H,29,30,32)/t19-,20+/m0/s1. The maximum Gasteiger partial charge on any atom is 0.289 e. The van der Waals surface area contributed by atoms with E-state index >= 15 is 0 Å². The fourth-order valence-electron chi connectivity index (χ4n) is 3.99. The third kappa shape index (κ3) is 6.44. The highest BCUT2D eigenvalue weighted by Crippen LogP contribution is 2.27. The van der Waals surface area contributed by atoms with Gasteiger partial charge in [0.25, 0.3) is 5.91 Å². The minimum absolute atomic E-state index is 0.0356. The number of methoxy groups -OCH3 is 1. The van der Waals surface area contributed by atoms with Gasteiger partial charge in [-0.2, -0.15) is 0 Å². The van der Waals surface area contributed by atoms with Crippen molar-refractivity contribution in [2.24, 2.45) is 5.41 Å². The summed E-state index contributed by atoms with van der Waals surface area (Å²) in [6.45, 7) is 12.6. The van der Waals surface area contributed by atoms with Gasteiger partial charge >= 0.3 is 0 Å². The van der Waals surface area contributed by atoms with E-state index in [4.69, 9.17) is 10.1 Å². The number of rotatable bonds is 7. The second-order valence-electron chi connectivity index (χ2n) is 11.0. The monoisotopic (exact) mass is 468 g/mol. The Balaban J connectivity index is 1.91. The molecule has 1 aliphatic carbocycles. The number of aryl methyl sites for hydroxylation is 1. The molecule has 1 aromatic carbocycles. The van der Waals surface area contributed by atoms with Crippen molar-refractivity contribution in [3.05, 3.63) is 29.6 Å². The summed E-state index contributed by atoms with van der Waals surface area (Å²) in [5.74, 6) is 0.907. The number of amidine groups is 1. The zero-order valence-electron chi connectivity index (χ0n) is 21.6. The van der Waals surface area contributed by atoms with E-state index in [2.05, 4.69) is 52.8 Å². The number of nitrogens with one attached hydrogen (secondary N) is 4. The van der Waals surface area contributed by atoms with Gasteiger partial charge in [0.05, 0.1) is 5.52 Å². The molecule has 186 valence electrons. The van der Waals surface area contributed by atoms with Gasteiger partial charge in [0.2, 0.25) is 5.82 Å². The Labute approximate surface area is 203 Å². The number of fused-ring (bicyclic) bond motifs is 1. The number of nitrogens with zero attached hydrogens (tertiary/aromatic N) is 2. The van der Waals surface area contributed by atoms with Crippen molar-refractivity contribution in [2.45, 2.75) is 84.9 Å². The van der Waals surface area contributed by atoms with Crippen molar-refractivity contribution in [2.75, 3.05) is 19.0 Å². The summed E-state index contributed by atoms with van der Waals surface area (Å²) in [4.78, 5) is 22.1. The Hall–Kier alpha value is -2.74. The third-order valence-corrected chi connectivity index (χ3v) is 6.36. The topological polar surface area (TPSA) is 112 Å². The highest BCUT2D eigenvalue weighted by molar-refractivity contribution is 5.96. The quantitative estimate of drug-likeness (QED) is 0.353. The lowest BCUT2D eigenvalue weighted by Gasteiger charge is -2.36. The molecule has 1 saturated carbocycles. The van der Waals surface area contributed by atoms with Crippen molar-refractivity contribution >= 4 is 28.5 Å². The molecule has 0 radical (unpaired) electrons. The van der Waals surface area contributed by atoms with Gasteiger partial charge in [0, 0.05) is 31.1 Å². The normalized spacial score (nSPS) is 19.0. The molecular formula is C26H40N6O2. The van der Waals surface area contributed by atoms with E-state index in [1.54, 1.807) is 7.11 Å². The predicted molar refractivity (Wildman–Crippen MR) is 138 cm³/mol. The number of amides is 1. The van der Waals surface area contributed by atoms with Crippen LogP contribution in [0.4, 0.5) is 5.82 Å². The average molecular weight is 469 g/mol. The molecule has 1 heterocycles. The van der Waals surface area contributed by atoms with Gasteiger partial charge in [-0.15, -0.1) is 0 Å². The molecule has 1 fully saturated rings. The van der Waals surface area contributed by atoms with E-state index in [0.29, 0.717) is 18.2 Å². The number of carbonyl (C=O) groups is 1. The van der Waals surface area contributed by atoms with Gasteiger partial charge in [0.15, 0.2) is 0 Å². The summed E-state index contributed by atoms with van der Waals surface area (Å²) in [6.07, 6.45) is 4.08. The van der Waals surface area contributed by atoms with Crippen molar-refractivity contribution in [3.63, 3.8) is 0 Å². The Bertz CT molecular complexity index is 1040. The van der Waals surface area contributed by atoms with Gasteiger partial charge in [-0.1, -0.05) is 45.2 Å². The number of ether oxygens (including phenoxy) is 1. The van der Waals surface area contributed by atoms with Gasteiger partial charge in [0.1, 0.15) is 17.3 Å². The first kappa shape index (κ1) is 25.9. The van der Waals surface area contributed by atoms with Crippen LogP contribution in [0, 0.1) is 17.7 Å². The fraction of sp³-hybridized carbons (Fsp3) is 0.615. The smallest absolute Gasteiger partial charge is 0.289 e. The Morgan fingerprint density at radius 3 is 2.44 bits per heavy atom. The molecule has 0 spiro atoms. The highest BCUT2D eigenvalue weighted by Gasteiger charge is 2.31. The first-order valence-corrected chi connectivity index (χ1v) is 12.1. The minimum Gasteiger partial charge on any atom is -0.371 e. The molecule has 34 heavy (non-hydrogen) atoms. The average Bonchev–Trinajstić information content (AvgIpc) is 2.78. The van der Waals surface area contributed by atoms with Gasteiger partial charge in [-0.05, 0) is 51.2 Å². The Morgan fingerprint density at radius 1 is 1.12 bits per heavy atom. The SMILES string of the molecule is COC(C)(C)C(=N)N[C@@H]1CCCC[C@@H]1Nc1nc(C(=O)NCC(C)(C)C)nc2ccc(C)cc12. The maximum absolute atomic E-state index is 12.9. The molecule has 0 saturated heterocycles. The summed E-state index contributed by atoms with van der Waals surface area (Å²) in [5.41, 5.74) is 1.12. The predicted octanol–water partition coefficient (Wildman–Crippen LogP) is 4.43. The van der Waals surface area contributed by atoms with E-state index in [1.807, 2.05) is 32.9 Å². The van der Waals surface area contributed by atoms with E-state index in [0.717, 1.165) is 42.1 Å². The number of hydrogen-bond donors (Lipinski definition) is 4. The van der Waals surface area contributed by atoms with Crippen LogP contribution in [0.3, 0.4) is 0 Å². The van der Waals surface area contributed by atoms with Crippen molar-refractivity contribution in [1.82, 2.24) is 20.6 Å². The molecule has 2 aromatic rings. The lowest BCUT2D eigenvalue weighted by Crippen LogP contribution is -2.54. The zero-order valence-corrected chi connectivity index (χ0v) is 21.6. The largest absolute Gasteiger partial charge is 0.371 e. The van der Waals surface area contributed by atoms with Crippen molar-refractivity contribution in [1.29, 1.82) is 5.41 Å². The first-order valence-electron chi connectivity index (χ1n) is 12.1. The summed E-state index contributed by atoms with van der Waals surface area (Å²) in [6, 6.07) is 6.10. The molecular weight excluding hydrogens is 428 g/mol. The Kier molecular flexibility index (Phi) is 7.81. The number of anilines is 1. The molecule has 0 unspecified atom stereocenters. The van der Waals surface area contributed by atoms with Crippen LogP contribution in [-0.2, 0) is 4.74 Å². The highest BCUT2D eigenvalue weighted by atomic mass is 16.5. The lowest BCUT2D eigenvalue weighted by atomic mass is 9.89. The number of hydrogen-bond acceptors (Lipinski definition) is 6. The van der Waals surface area contributed by atoms with Crippen molar-refractivity contribution in [3.8, 4) is 0 Å². The molecule has 1 amide bonds. The first-order chi connectivity index (χ1) is 15.9. The fourth-order valence-corrected chi connectivity index (χ4v) is 3.99. The molecule has 8 nitrogen and oxygen atoms in total. The molecule has 8 heteroatoms. The van der Waals surface area contributed by atoms with E-state index < -0.39 is 5.60 Å². The molecule has 3 rings (SSSR count). The number of benzene rings is 1. The maximum atomic E-state index is 12.9. The molecule has 0 aliphatic heterocycles. The van der Waals surface area contributed by atoms with E-state index in [1.165, 1.54) is 0 Å². The number of aromatic nitrogens is 2. The van der Waals surface area contributed by atoms with E-state index in [-0.39, 0.29) is 29.2 Å². The Morgan fingerprint density at radius 2 is 1.79 bits per heavy atom. The van der Waals surface area contributed by atoms with Crippen LogP contribution >= 0.6 is 0 Å². The third-order valence-electron chi connectivity index (χ3n) is 6.36. The van der Waals surface area contributed by atoms with Crippen LogP contribution in [-0.4, -0.2) is 53.1 Å². The van der Waals surface area contributed by atoms with Crippen LogP contribution in [0.15, 0.2) is 18.2 Å². The molecule has 0 bridgehead atoms. The van der Waals surface area contributed by atoms with Crippen LogP contribution in [0.25, 0.3) is 10.9 Å². The lowest BCUT2D eigenvalue weighted by molar-refractivity contribution is 0.0776. The van der Waals surface area contributed by atoms with Gasteiger partial charge < -0.3 is 20.7 Å².